The summed E-state index contributed by atoms with van der Waals surface area (Å²) in [7, 11) is 1.04. The van der Waals surface area contributed by atoms with E-state index >= 15 is 0 Å². The number of nitrogens with zero attached hydrogens (tertiary/aromatic N) is 1. The van der Waals surface area contributed by atoms with Crippen molar-refractivity contribution in [1.82, 2.24) is 0 Å². The summed E-state index contributed by atoms with van der Waals surface area (Å²) in [4.78, 5) is 24.5. The van der Waals surface area contributed by atoms with Gasteiger partial charge in [-0.25, -0.2) is 13.6 Å². The van der Waals surface area contributed by atoms with Crippen molar-refractivity contribution in [1.29, 1.82) is 0 Å². The third-order valence-corrected chi connectivity index (χ3v) is 4.09. The molecule has 0 radical (unpaired) electrons. The summed E-state index contributed by atoms with van der Waals surface area (Å²) < 4.78 is 32.2. The summed E-state index contributed by atoms with van der Waals surface area (Å²) in [6, 6.07) is 2.12. The van der Waals surface area contributed by atoms with Gasteiger partial charge in [-0.15, -0.1) is 0 Å². The molecule has 1 atom stereocenters. The van der Waals surface area contributed by atoms with Gasteiger partial charge in [0, 0.05) is 18.3 Å². The average molecular weight is 348 g/mol. The zero-order valence-corrected chi connectivity index (χ0v) is 12.2. The summed E-state index contributed by atoms with van der Waals surface area (Å²) in [6.07, 6.45) is 0.287. The third-order valence-electron chi connectivity index (χ3n) is 3.17. The number of halogens is 3. The van der Waals surface area contributed by atoms with Crippen LogP contribution in [0.15, 0.2) is 12.1 Å². The Balaban J connectivity index is 2.44. The number of rotatable bonds is 3. The van der Waals surface area contributed by atoms with Crippen LogP contribution in [-0.2, 0) is 9.53 Å². The first-order valence-corrected chi connectivity index (χ1v) is 7.04. The van der Waals surface area contributed by atoms with Crippen LogP contribution in [0.4, 0.5) is 14.5 Å². The summed E-state index contributed by atoms with van der Waals surface area (Å²) in [5.74, 6) is -3.38. The van der Waals surface area contributed by atoms with E-state index in [1.807, 2.05) is 0 Å². The minimum absolute atomic E-state index is 0.0635. The van der Waals surface area contributed by atoms with Gasteiger partial charge < -0.3 is 9.64 Å². The van der Waals surface area contributed by atoms with Crippen LogP contribution in [0.1, 0.15) is 16.8 Å². The Labute approximate surface area is 122 Å². The van der Waals surface area contributed by atoms with E-state index in [1.54, 1.807) is 0 Å². The number of amides is 1. The first kappa shape index (κ1) is 14.9. The lowest BCUT2D eigenvalue weighted by atomic mass is 10.1. The van der Waals surface area contributed by atoms with Gasteiger partial charge in [0.25, 0.3) is 0 Å². The minimum atomic E-state index is -1.11. The molecule has 1 fully saturated rings. The molecule has 108 valence electrons. The predicted octanol–water partition coefficient (Wildman–Crippen LogP) is 2.50. The van der Waals surface area contributed by atoms with E-state index in [9.17, 15) is 18.4 Å². The van der Waals surface area contributed by atoms with Crippen LogP contribution in [0.3, 0.4) is 0 Å². The lowest BCUT2D eigenvalue weighted by Crippen LogP contribution is -2.26. The Morgan fingerprint density at radius 1 is 1.50 bits per heavy atom. The summed E-state index contributed by atoms with van der Waals surface area (Å²) in [5, 5.41) is 0.613. The van der Waals surface area contributed by atoms with Crippen molar-refractivity contribution in [2.75, 3.05) is 23.9 Å². The second-order valence-electron chi connectivity index (χ2n) is 4.48. The molecule has 0 saturated carbocycles. The summed E-state index contributed by atoms with van der Waals surface area (Å²) in [6.45, 7) is 0.327. The van der Waals surface area contributed by atoms with E-state index < -0.39 is 23.2 Å². The smallest absolute Gasteiger partial charge is 0.343 e. The van der Waals surface area contributed by atoms with E-state index in [1.165, 1.54) is 4.90 Å². The minimum Gasteiger partial charge on any atom is -0.465 e. The molecule has 0 bridgehead atoms. The highest BCUT2D eigenvalue weighted by Gasteiger charge is 2.33. The molecule has 1 aromatic carbocycles. The van der Waals surface area contributed by atoms with E-state index in [-0.39, 0.29) is 23.9 Å². The van der Waals surface area contributed by atoms with E-state index in [0.29, 0.717) is 11.9 Å². The molecule has 0 aliphatic carbocycles. The highest BCUT2D eigenvalue weighted by atomic mass is 79.9. The number of alkyl halides is 1. The lowest BCUT2D eigenvalue weighted by Gasteiger charge is -2.18. The van der Waals surface area contributed by atoms with Gasteiger partial charge in [0.15, 0.2) is 5.82 Å². The van der Waals surface area contributed by atoms with Crippen molar-refractivity contribution < 1.29 is 23.1 Å². The van der Waals surface area contributed by atoms with Gasteiger partial charge >= 0.3 is 5.97 Å². The first-order valence-electron chi connectivity index (χ1n) is 5.92. The molecule has 1 unspecified atom stereocenters. The maximum atomic E-state index is 14.3. The average Bonchev–Trinajstić information content (AvgIpc) is 2.80. The maximum absolute atomic E-state index is 14.3. The zero-order chi connectivity index (χ0) is 14.9. The third kappa shape index (κ3) is 2.54. The van der Waals surface area contributed by atoms with Crippen LogP contribution in [0.2, 0.25) is 0 Å². The van der Waals surface area contributed by atoms with Crippen LogP contribution in [0.5, 0.6) is 0 Å². The predicted molar refractivity (Wildman–Crippen MR) is 72.0 cm³/mol. The van der Waals surface area contributed by atoms with Crippen molar-refractivity contribution in [2.24, 2.45) is 5.92 Å². The van der Waals surface area contributed by atoms with Gasteiger partial charge in [-0.1, -0.05) is 15.9 Å². The summed E-state index contributed by atoms with van der Waals surface area (Å²) >= 11 is 3.28. The van der Waals surface area contributed by atoms with Crippen LogP contribution < -0.4 is 4.90 Å². The molecule has 20 heavy (non-hydrogen) atoms. The second kappa shape index (κ2) is 5.87. The quantitative estimate of drug-likeness (QED) is 0.623. The number of carbonyl (C=O) groups is 2. The van der Waals surface area contributed by atoms with Crippen molar-refractivity contribution >= 4 is 33.5 Å². The van der Waals surface area contributed by atoms with Crippen LogP contribution in [0, 0.1) is 17.6 Å². The number of carbonyl (C=O) groups excluding carboxylic acids is 2. The van der Waals surface area contributed by atoms with Gasteiger partial charge in [-0.3, -0.25) is 4.79 Å². The van der Waals surface area contributed by atoms with Crippen LogP contribution >= 0.6 is 15.9 Å². The fourth-order valence-electron chi connectivity index (χ4n) is 2.16. The number of benzene rings is 1. The Hall–Kier alpha value is -1.50. The Bertz CT molecular complexity index is 565. The molecule has 7 heteroatoms. The molecule has 0 spiro atoms. The Morgan fingerprint density at radius 2 is 2.20 bits per heavy atom. The molecule has 0 N–H and O–H groups in total. The van der Waals surface area contributed by atoms with Crippen LogP contribution in [0.25, 0.3) is 0 Å². The van der Waals surface area contributed by atoms with Gasteiger partial charge in [0.2, 0.25) is 5.91 Å². The number of methoxy groups -OCH3 is 1. The first-order chi connectivity index (χ1) is 9.49. The van der Waals surface area contributed by atoms with Crippen molar-refractivity contribution in [3.05, 3.63) is 29.3 Å². The number of esters is 1. The standard InChI is InChI=1S/C13H12BrF2NO3/c1-20-13(19)11-8(15)2-3-9(12(11)16)17-6-7(5-14)4-10(17)18/h2-3,7H,4-6H2,1H3. The number of hydrogen-bond donors (Lipinski definition) is 0. The number of ether oxygens (including phenoxy) is 1. The van der Waals surface area contributed by atoms with Gasteiger partial charge in [-0.05, 0) is 18.1 Å². The summed E-state index contributed by atoms with van der Waals surface area (Å²) in [5.41, 5.74) is -0.875. The fourth-order valence-corrected chi connectivity index (χ4v) is 2.59. The highest BCUT2D eigenvalue weighted by molar-refractivity contribution is 9.09. The SMILES string of the molecule is COC(=O)c1c(F)ccc(N2CC(CBr)CC2=O)c1F. The van der Waals surface area contributed by atoms with E-state index in [2.05, 4.69) is 20.7 Å². The molecular weight excluding hydrogens is 336 g/mol. The van der Waals surface area contributed by atoms with E-state index in [0.717, 1.165) is 19.2 Å². The normalized spacial score (nSPS) is 18.5. The molecule has 1 amide bonds. The number of hydrogen-bond acceptors (Lipinski definition) is 3. The topological polar surface area (TPSA) is 46.6 Å². The van der Waals surface area contributed by atoms with Crippen LogP contribution in [-0.4, -0.2) is 30.9 Å². The van der Waals surface area contributed by atoms with E-state index in [4.69, 9.17) is 0 Å². The van der Waals surface area contributed by atoms with Crippen molar-refractivity contribution in [3.63, 3.8) is 0 Å². The molecule has 1 aromatic rings. The molecule has 1 saturated heterocycles. The largest absolute Gasteiger partial charge is 0.465 e. The monoisotopic (exact) mass is 347 g/mol. The van der Waals surface area contributed by atoms with Gasteiger partial charge in [0.05, 0.1) is 12.8 Å². The maximum Gasteiger partial charge on any atom is 0.343 e. The highest BCUT2D eigenvalue weighted by Crippen LogP contribution is 2.31. The van der Waals surface area contributed by atoms with Gasteiger partial charge in [0.1, 0.15) is 11.4 Å². The Kier molecular flexibility index (Phi) is 4.37. The molecule has 1 aliphatic rings. The van der Waals surface area contributed by atoms with Crippen molar-refractivity contribution in [3.8, 4) is 0 Å². The van der Waals surface area contributed by atoms with Crippen molar-refractivity contribution in [2.45, 2.75) is 6.42 Å². The Morgan fingerprint density at radius 3 is 2.75 bits per heavy atom. The molecule has 1 aliphatic heterocycles. The molecule has 4 nitrogen and oxygen atoms in total. The molecule has 1 heterocycles. The molecule has 2 rings (SSSR count). The van der Waals surface area contributed by atoms with Gasteiger partial charge in [-0.2, -0.15) is 0 Å². The fraction of sp³-hybridized carbons (Fsp3) is 0.385. The lowest BCUT2D eigenvalue weighted by molar-refractivity contribution is -0.117. The molecular formula is C13H12BrF2NO3. The number of anilines is 1. The second-order valence-corrected chi connectivity index (χ2v) is 5.12. The zero-order valence-electron chi connectivity index (χ0n) is 10.7. The molecule has 0 aromatic heterocycles.